The van der Waals surface area contributed by atoms with E-state index in [0.29, 0.717) is 24.9 Å². The van der Waals surface area contributed by atoms with Gasteiger partial charge < -0.3 is 15.5 Å². The van der Waals surface area contributed by atoms with Crippen LogP contribution in [0.25, 0.3) is 0 Å². The van der Waals surface area contributed by atoms with Crippen LogP contribution in [-0.2, 0) is 6.42 Å². The van der Waals surface area contributed by atoms with Crippen LogP contribution in [0.4, 0.5) is 6.01 Å². The Labute approximate surface area is 76.7 Å². The van der Waals surface area contributed by atoms with Crippen molar-refractivity contribution in [3.63, 3.8) is 0 Å². The minimum atomic E-state index is 0.187. The highest BCUT2D eigenvalue weighted by Crippen LogP contribution is 2.37. The van der Waals surface area contributed by atoms with Crippen molar-refractivity contribution in [2.75, 3.05) is 11.9 Å². The van der Waals surface area contributed by atoms with Gasteiger partial charge in [-0.1, -0.05) is 5.10 Å². The van der Waals surface area contributed by atoms with E-state index in [9.17, 15) is 0 Å². The maximum Gasteiger partial charge on any atom is 0.315 e. The van der Waals surface area contributed by atoms with Gasteiger partial charge in [0.15, 0.2) is 0 Å². The zero-order chi connectivity index (χ0) is 9.31. The van der Waals surface area contributed by atoms with Gasteiger partial charge in [-0.2, -0.15) is 0 Å². The predicted octanol–water partition coefficient (Wildman–Crippen LogP) is 0.535. The smallest absolute Gasteiger partial charge is 0.315 e. The lowest BCUT2D eigenvalue weighted by atomic mass is 10.3. The normalized spacial score (nSPS) is 18.6. The zero-order valence-corrected chi connectivity index (χ0v) is 7.71. The average molecular weight is 182 g/mol. The summed E-state index contributed by atoms with van der Waals surface area (Å²) in [5, 5.41) is 10.9. The molecule has 1 heterocycles. The van der Waals surface area contributed by atoms with Crippen LogP contribution >= 0.6 is 0 Å². The molecule has 1 saturated carbocycles. The lowest BCUT2D eigenvalue weighted by Gasteiger charge is -2.06. The molecule has 1 aliphatic carbocycles. The van der Waals surface area contributed by atoms with Crippen molar-refractivity contribution < 1.29 is 4.42 Å². The van der Waals surface area contributed by atoms with Crippen molar-refractivity contribution in [3.8, 4) is 0 Å². The minimum Gasteiger partial charge on any atom is -0.408 e. The van der Waals surface area contributed by atoms with Crippen molar-refractivity contribution in [1.82, 2.24) is 10.2 Å². The summed E-state index contributed by atoms with van der Waals surface area (Å²) in [4.78, 5) is 0. The van der Waals surface area contributed by atoms with Crippen molar-refractivity contribution in [2.45, 2.75) is 31.7 Å². The van der Waals surface area contributed by atoms with E-state index < -0.39 is 0 Å². The Balaban J connectivity index is 1.97. The van der Waals surface area contributed by atoms with Crippen LogP contribution < -0.4 is 11.1 Å². The molecule has 1 fully saturated rings. The van der Waals surface area contributed by atoms with Crippen molar-refractivity contribution >= 4 is 6.01 Å². The maximum atomic E-state index is 5.36. The van der Waals surface area contributed by atoms with Crippen molar-refractivity contribution in [2.24, 2.45) is 5.73 Å². The highest BCUT2D eigenvalue weighted by atomic mass is 16.4. The summed E-state index contributed by atoms with van der Waals surface area (Å²) in [6.45, 7) is 2.68. The van der Waals surface area contributed by atoms with Gasteiger partial charge in [0.25, 0.3) is 0 Å². The van der Waals surface area contributed by atoms with E-state index in [2.05, 4.69) is 22.4 Å². The molecule has 5 heteroatoms. The van der Waals surface area contributed by atoms with Gasteiger partial charge in [-0.15, -0.1) is 5.10 Å². The summed E-state index contributed by atoms with van der Waals surface area (Å²) in [6.07, 6.45) is 2.98. The van der Waals surface area contributed by atoms with Crippen LogP contribution in [-0.4, -0.2) is 22.3 Å². The quantitative estimate of drug-likeness (QED) is 0.710. The number of aromatic nitrogens is 2. The molecule has 3 N–H and O–H groups in total. The summed E-state index contributed by atoms with van der Waals surface area (Å²) < 4.78 is 5.33. The molecule has 1 aliphatic rings. The van der Waals surface area contributed by atoms with Gasteiger partial charge in [-0.05, 0) is 19.8 Å². The summed E-state index contributed by atoms with van der Waals surface area (Å²) in [6, 6.07) is 0.517. The summed E-state index contributed by atoms with van der Waals surface area (Å²) >= 11 is 0. The second kappa shape index (κ2) is 2.99. The van der Waals surface area contributed by atoms with Crippen molar-refractivity contribution in [3.05, 3.63) is 5.89 Å². The molecule has 1 aromatic rings. The lowest BCUT2D eigenvalue weighted by molar-refractivity contribution is 0.500. The Morgan fingerprint density at radius 2 is 2.31 bits per heavy atom. The standard InChI is InChI=1S/C8H14N4O/c1-8(3-4-8)10-7-12-11-6(13-7)2-5-9/h2-5,9H2,1H3,(H,10,12). The Bertz CT molecular complexity index is 292. The molecule has 2 rings (SSSR count). The number of rotatable bonds is 4. The Hall–Kier alpha value is -1.10. The third-order valence-electron chi connectivity index (χ3n) is 2.23. The van der Waals surface area contributed by atoms with Crippen LogP contribution in [0.2, 0.25) is 0 Å². The van der Waals surface area contributed by atoms with Gasteiger partial charge in [0.05, 0.1) is 0 Å². The number of hydrogen-bond acceptors (Lipinski definition) is 5. The van der Waals surface area contributed by atoms with E-state index in [1.807, 2.05) is 0 Å². The predicted molar refractivity (Wildman–Crippen MR) is 48.3 cm³/mol. The van der Waals surface area contributed by atoms with E-state index in [4.69, 9.17) is 10.2 Å². The first kappa shape index (κ1) is 8.50. The topological polar surface area (TPSA) is 77.0 Å². The van der Waals surface area contributed by atoms with E-state index in [1.165, 1.54) is 12.8 Å². The first-order valence-corrected chi connectivity index (χ1v) is 4.52. The highest BCUT2D eigenvalue weighted by Gasteiger charge is 2.38. The molecule has 0 radical (unpaired) electrons. The fourth-order valence-electron chi connectivity index (χ4n) is 1.10. The number of hydrogen-bond donors (Lipinski definition) is 2. The van der Waals surface area contributed by atoms with Crippen LogP contribution in [0.3, 0.4) is 0 Å². The fourth-order valence-corrected chi connectivity index (χ4v) is 1.10. The lowest BCUT2D eigenvalue weighted by Crippen LogP contribution is -2.15. The zero-order valence-electron chi connectivity index (χ0n) is 7.71. The number of nitrogens with one attached hydrogen (secondary N) is 1. The van der Waals surface area contributed by atoms with Crippen LogP contribution in [0.15, 0.2) is 4.42 Å². The number of nitrogens with two attached hydrogens (primary N) is 1. The molecule has 0 atom stereocenters. The Kier molecular flexibility index (Phi) is 1.95. The molecule has 0 amide bonds. The second-order valence-corrected chi connectivity index (χ2v) is 3.73. The molecule has 0 aromatic carbocycles. The first-order valence-electron chi connectivity index (χ1n) is 4.52. The van der Waals surface area contributed by atoms with Gasteiger partial charge >= 0.3 is 6.01 Å². The van der Waals surface area contributed by atoms with Gasteiger partial charge in [-0.3, -0.25) is 0 Å². The summed E-state index contributed by atoms with van der Waals surface area (Å²) in [7, 11) is 0. The van der Waals surface area contributed by atoms with Crippen LogP contribution in [0.5, 0.6) is 0 Å². The van der Waals surface area contributed by atoms with E-state index >= 15 is 0 Å². The molecule has 0 spiro atoms. The monoisotopic (exact) mass is 182 g/mol. The molecular weight excluding hydrogens is 168 g/mol. The maximum absolute atomic E-state index is 5.36. The highest BCUT2D eigenvalue weighted by molar-refractivity contribution is 5.28. The molecule has 13 heavy (non-hydrogen) atoms. The van der Waals surface area contributed by atoms with Crippen LogP contribution in [0.1, 0.15) is 25.7 Å². The molecule has 0 aliphatic heterocycles. The molecule has 1 aromatic heterocycles. The molecule has 0 unspecified atom stereocenters. The molecule has 72 valence electrons. The molecule has 0 bridgehead atoms. The van der Waals surface area contributed by atoms with E-state index in [-0.39, 0.29) is 5.54 Å². The van der Waals surface area contributed by atoms with Crippen LogP contribution in [0, 0.1) is 0 Å². The van der Waals surface area contributed by atoms with Gasteiger partial charge in [-0.25, -0.2) is 0 Å². The summed E-state index contributed by atoms with van der Waals surface area (Å²) in [5.74, 6) is 0.606. The van der Waals surface area contributed by atoms with Gasteiger partial charge in [0.2, 0.25) is 5.89 Å². The van der Waals surface area contributed by atoms with E-state index in [0.717, 1.165) is 0 Å². The molecule has 0 saturated heterocycles. The van der Waals surface area contributed by atoms with Crippen molar-refractivity contribution in [1.29, 1.82) is 0 Å². The van der Waals surface area contributed by atoms with E-state index in [1.54, 1.807) is 0 Å². The SMILES string of the molecule is CC1(Nc2nnc(CCN)o2)CC1. The fraction of sp³-hybridized carbons (Fsp3) is 0.750. The van der Waals surface area contributed by atoms with Gasteiger partial charge in [0, 0.05) is 18.5 Å². The second-order valence-electron chi connectivity index (χ2n) is 3.73. The van der Waals surface area contributed by atoms with Gasteiger partial charge in [0.1, 0.15) is 0 Å². The largest absolute Gasteiger partial charge is 0.408 e. The number of anilines is 1. The Morgan fingerprint density at radius 3 is 2.92 bits per heavy atom. The summed E-state index contributed by atoms with van der Waals surface area (Å²) in [5.41, 5.74) is 5.55. The number of nitrogens with zero attached hydrogens (tertiary/aromatic N) is 2. The minimum absolute atomic E-state index is 0.187. The average Bonchev–Trinajstić information content (AvgIpc) is 2.61. The first-order chi connectivity index (χ1) is 6.22. The third kappa shape index (κ3) is 1.98. The molecule has 5 nitrogen and oxygen atoms in total. The molecular formula is C8H14N4O. The third-order valence-corrected chi connectivity index (χ3v) is 2.23. The Morgan fingerprint density at radius 1 is 1.54 bits per heavy atom.